The maximum absolute atomic E-state index is 5.40. The maximum Gasteiger partial charge on any atom is 0.129 e. The lowest BCUT2D eigenvalue weighted by atomic mass is 10.0. The van der Waals surface area contributed by atoms with E-state index in [1.165, 1.54) is 35.8 Å². The number of fused-ring (bicyclic) bond motifs is 1. The second-order valence-corrected chi connectivity index (χ2v) is 6.32. The highest BCUT2D eigenvalue weighted by molar-refractivity contribution is 5.96. The Morgan fingerprint density at radius 1 is 0.920 bits per heavy atom. The highest BCUT2D eigenvalue weighted by atomic mass is 35.5. The van der Waals surface area contributed by atoms with Crippen LogP contribution in [0.1, 0.15) is 19.3 Å². The molecule has 0 radical (unpaired) electrons. The Morgan fingerprint density at radius 3 is 2.40 bits per heavy atom. The van der Waals surface area contributed by atoms with E-state index in [4.69, 9.17) is 9.72 Å². The zero-order valence-corrected chi connectivity index (χ0v) is 15.3. The number of piperidine rings is 1. The van der Waals surface area contributed by atoms with E-state index in [9.17, 15) is 0 Å². The van der Waals surface area contributed by atoms with E-state index in [-0.39, 0.29) is 12.4 Å². The van der Waals surface area contributed by atoms with Crippen molar-refractivity contribution in [1.29, 1.82) is 0 Å². The SMILES string of the molecule is COc1ccc2c(-c3ccccc3)cc(N3CCCCC3)nc2c1.Cl. The lowest BCUT2D eigenvalue weighted by molar-refractivity contribution is 0.415. The maximum atomic E-state index is 5.40. The van der Waals surface area contributed by atoms with Crippen molar-refractivity contribution in [2.45, 2.75) is 19.3 Å². The molecule has 1 aromatic heterocycles. The fourth-order valence-electron chi connectivity index (χ4n) is 3.46. The molecular weight excluding hydrogens is 332 g/mol. The fraction of sp³-hybridized carbons (Fsp3) is 0.286. The average molecular weight is 355 g/mol. The minimum Gasteiger partial charge on any atom is -0.497 e. The van der Waals surface area contributed by atoms with Crippen LogP contribution >= 0.6 is 12.4 Å². The largest absolute Gasteiger partial charge is 0.497 e. The number of hydrogen-bond donors (Lipinski definition) is 0. The standard InChI is InChI=1S/C21H22N2O.ClH/c1-24-17-10-11-18-19(16-8-4-2-5-9-16)15-21(22-20(18)14-17)23-12-6-3-7-13-23;/h2,4-5,8-11,14-15H,3,6-7,12-13H2,1H3;1H. The molecule has 0 saturated carbocycles. The Morgan fingerprint density at radius 2 is 1.68 bits per heavy atom. The van der Waals surface area contributed by atoms with Gasteiger partial charge < -0.3 is 9.64 Å². The molecule has 2 heterocycles. The minimum absolute atomic E-state index is 0. The van der Waals surface area contributed by atoms with Crippen LogP contribution in [-0.2, 0) is 0 Å². The molecule has 130 valence electrons. The van der Waals surface area contributed by atoms with Crippen molar-refractivity contribution in [3.8, 4) is 16.9 Å². The molecule has 3 nitrogen and oxygen atoms in total. The lowest BCUT2D eigenvalue weighted by Gasteiger charge is -2.28. The average Bonchev–Trinajstić information content (AvgIpc) is 2.68. The van der Waals surface area contributed by atoms with E-state index in [0.717, 1.165) is 30.2 Å². The number of methoxy groups -OCH3 is 1. The number of nitrogens with zero attached hydrogens (tertiary/aromatic N) is 2. The van der Waals surface area contributed by atoms with Crippen LogP contribution in [0.5, 0.6) is 5.75 Å². The second-order valence-electron chi connectivity index (χ2n) is 6.32. The van der Waals surface area contributed by atoms with Crippen molar-refractivity contribution in [3.05, 3.63) is 54.6 Å². The molecule has 0 bridgehead atoms. The first-order valence-electron chi connectivity index (χ1n) is 8.64. The predicted octanol–water partition coefficient (Wildman–Crippen LogP) is 5.32. The normalized spacial score (nSPS) is 14.2. The number of pyridine rings is 1. The summed E-state index contributed by atoms with van der Waals surface area (Å²) in [6.45, 7) is 2.19. The van der Waals surface area contributed by atoms with Gasteiger partial charge in [-0.05, 0) is 48.6 Å². The summed E-state index contributed by atoms with van der Waals surface area (Å²) in [6.07, 6.45) is 3.82. The van der Waals surface area contributed by atoms with E-state index >= 15 is 0 Å². The Bertz CT molecular complexity index is 845. The van der Waals surface area contributed by atoms with Gasteiger partial charge in [-0.3, -0.25) is 0 Å². The molecule has 4 rings (SSSR count). The number of rotatable bonds is 3. The Kier molecular flexibility index (Phi) is 5.44. The molecule has 2 aromatic carbocycles. The summed E-state index contributed by atoms with van der Waals surface area (Å²) in [6, 6.07) is 19.0. The van der Waals surface area contributed by atoms with E-state index < -0.39 is 0 Å². The quantitative estimate of drug-likeness (QED) is 0.636. The van der Waals surface area contributed by atoms with Gasteiger partial charge in [0.1, 0.15) is 11.6 Å². The third-order valence-corrected chi connectivity index (χ3v) is 4.77. The van der Waals surface area contributed by atoms with Crippen LogP contribution in [0.3, 0.4) is 0 Å². The first-order valence-corrected chi connectivity index (χ1v) is 8.64. The molecule has 0 amide bonds. The van der Waals surface area contributed by atoms with Crippen molar-refractivity contribution in [3.63, 3.8) is 0 Å². The van der Waals surface area contributed by atoms with Crippen LogP contribution < -0.4 is 9.64 Å². The number of anilines is 1. The van der Waals surface area contributed by atoms with Crippen LogP contribution in [0.2, 0.25) is 0 Å². The summed E-state index contributed by atoms with van der Waals surface area (Å²) in [4.78, 5) is 7.35. The van der Waals surface area contributed by atoms with E-state index in [2.05, 4.69) is 47.4 Å². The predicted molar refractivity (Wildman–Crippen MR) is 107 cm³/mol. The van der Waals surface area contributed by atoms with Gasteiger partial charge in [0.2, 0.25) is 0 Å². The summed E-state index contributed by atoms with van der Waals surface area (Å²) >= 11 is 0. The molecule has 4 heteroatoms. The number of benzene rings is 2. The topological polar surface area (TPSA) is 25.4 Å². The van der Waals surface area contributed by atoms with Gasteiger partial charge in [0.25, 0.3) is 0 Å². The van der Waals surface area contributed by atoms with E-state index in [1.54, 1.807) is 7.11 Å². The Hall–Kier alpha value is -2.26. The molecule has 1 fully saturated rings. The number of aromatic nitrogens is 1. The van der Waals surface area contributed by atoms with Crippen LogP contribution in [0.25, 0.3) is 22.0 Å². The van der Waals surface area contributed by atoms with Gasteiger partial charge in [0.05, 0.1) is 12.6 Å². The van der Waals surface area contributed by atoms with E-state index in [1.807, 2.05) is 12.1 Å². The van der Waals surface area contributed by atoms with Gasteiger partial charge in [-0.2, -0.15) is 0 Å². The summed E-state index contributed by atoms with van der Waals surface area (Å²) in [7, 11) is 1.70. The van der Waals surface area contributed by atoms with Crippen molar-refractivity contribution < 1.29 is 4.74 Å². The molecule has 0 N–H and O–H groups in total. The summed E-state index contributed by atoms with van der Waals surface area (Å²) in [5.74, 6) is 1.93. The smallest absolute Gasteiger partial charge is 0.129 e. The molecular formula is C21H23ClN2O. The van der Waals surface area contributed by atoms with Gasteiger partial charge >= 0.3 is 0 Å². The molecule has 0 aliphatic carbocycles. The Balaban J connectivity index is 0.00000182. The first-order chi connectivity index (χ1) is 11.8. The van der Waals surface area contributed by atoms with E-state index in [0.29, 0.717) is 0 Å². The molecule has 1 aliphatic heterocycles. The lowest BCUT2D eigenvalue weighted by Crippen LogP contribution is -2.30. The number of halogens is 1. The van der Waals surface area contributed by atoms with Crippen molar-refractivity contribution >= 4 is 29.1 Å². The van der Waals surface area contributed by atoms with Gasteiger partial charge in [0.15, 0.2) is 0 Å². The fourth-order valence-corrected chi connectivity index (χ4v) is 3.46. The molecule has 0 spiro atoms. The highest BCUT2D eigenvalue weighted by Crippen LogP contribution is 2.33. The van der Waals surface area contributed by atoms with Crippen LogP contribution in [0, 0.1) is 0 Å². The summed E-state index contributed by atoms with van der Waals surface area (Å²) in [5.41, 5.74) is 3.47. The first kappa shape index (κ1) is 17.6. The molecule has 0 unspecified atom stereocenters. The van der Waals surface area contributed by atoms with Crippen molar-refractivity contribution in [2.24, 2.45) is 0 Å². The zero-order chi connectivity index (χ0) is 16.4. The highest BCUT2D eigenvalue weighted by Gasteiger charge is 2.15. The van der Waals surface area contributed by atoms with Crippen molar-refractivity contribution in [1.82, 2.24) is 4.98 Å². The van der Waals surface area contributed by atoms with Gasteiger partial charge in [0, 0.05) is 24.5 Å². The van der Waals surface area contributed by atoms with Gasteiger partial charge in [-0.25, -0.2) is 4.98 Å². The minimum atomic E-state index is 0. The van der Waals surface area contributed by atoms with Crippen LogP contribution in [-0.4, -0.2) is 25.2 Å². The molecule has 1 saturated heterocycles. The van der Waals surface area contributed by atoms with Crippen LogP contribution in [0.4, 0.5) is 5.82 Å². The molecule has 25 heavy (non-hydrogen) atoms. The monoisotopic (exact) mass is 354 g/mol. The number of hydrogen-bond acceptors (Lipinski definition) is 3. The Labute approximate surface area is 155 Å². The summed E-state index contributed by atoms with van der Waals surface area (Å²) < 4.78 is 5.40. The second kappa shape index (κ2) is 7.75. The van der Waals surface area contributed by atoms with Gasteiger partial charge in [-0.15, -0.1) is 12.4 Å². The molecule has 3 aromatic rings. The third kappa shape index (κ3) is 3.57. The molecule has 1 aliphatic rings. The van der Waals surface area contributed by atoms with Crippen LogP contribution in [0.15, 0.2) is 54.6 Å². The third-order valence-electron chi connectivity index (χ3n) is 4.77. The number of ether oxygens (including phenoxy) is 1. The summed E-state index contributed by atoms with van der Waals surface area (Å²) in [5, 5.41) is 1.17. The van der Waals surface area contributed by atoms with Gasteiger partial charge in [-0.1, -0.05) is 30.3 Å². The molecule has 0 atom stereocenters. The van der Waals surface area contributed by atoms with Crippen molar-refractivity contribution in [2.75, 3.05) is 25.1 Å². The zero-order valence-electron chi connectivity index (χ0n) is 14.4.